The molecule has 0 saturated carbocycles. The van der Waals surface area contributed by atoms with E-state index in [1.54, 1.807) is 17.8 Å². The van der Waals surface area contributed by atoms with Crippen molar-refractivity contribution >= 4 is 39.3 Å². The van der Waals surface area contributed by atoms with Gasteiger partial charge in [0.1, 0.15) is 0 Å². The minimum absolute atomic E-state index is 0.427. The van der Waals surface area contributed by atoms with Gasteiger partial charge in [-0.2, -0.15) is 5.10 Å². The predicted molar refractivity (Wildman–Crippen MR) is 70.7 cm³/mol. The highest BCUT2D eigenvalue weighted by Gasteiger charge is 1.99. The summed E-state index contributed by atoms with van der Waals surface area (Å²) in [7, 11) is 0. The van der Waals surface area contributed by atoms with Gasteiger partial charge in [0, 0.05) is 15.1 Å². The van der Waals surface area contributed by atoms with E-state index in [9.17, 15) is 0 Å². The van der Waals surface area contributed by atoms with Crippen LogP contribution in [-0.4, -0.2) is 10.2 Å². The van der Waals surface area contributed by atoms with Crippen LogP contribution in [0.5, 0.6) is 0 Å². The standard InChI is InChI=1S/C11H8BrClN2S/c12-8-2-1-3-10(6-8)16-7-9-4-5-11(13)15-14-9/h1-6H,7H2. The van der Waals surface area contributed by atoms with Gasteiger partial charge >= 0.3 is 0 Å². The molecule has 0 aliphatic rings. The van der Waals surface area contributed by atoms with Crippen molar-refractivity contribution in [3.8, 4) is 0 Å². The van der Waals surface area contributed by atoms with Crippen LogP contribution in [0, 0.1) is 0 Å². The van der Waals surface area contributed by atoms with Crippen molar-refractivity contribution in [3.05, 3.63) is 51.7 Å². The van der Waals surface area contributed by atoms with Crippen molar-refractivity contribution in [1.29, 1.82) is 0 Å². The van der Waals surface area contributed by atoms with Crippen molar-refractivity contribution in [2.24, 2.45) is 0 Å². The molecule has 0 aliphatic heterocycles. The van der Waals surface area contributed by atoms with Crippen molar-refractivity contribution in [2.75, 3.05) is 0 Å². The largest absolute Gasteiger partial charge is 0.153 e. The van der Waals surface area contributed by atoms with Gasteiger partial charge in [-0.05, 0) is 30.3 Å². The predicted octanol–water partition coefficient (Wildman–Crippen LogP) is 4.18. The maximum absolute atomic E-state index is 5.66. The van der Waals surface area contributed by atoms with Crippen molar-refractivity contribution in [2.45, 2.75) is 10.6 Å². The number of halogens is 2. The fourth-order valence-corrected chi connectivity index (χ4v) is 2.64. The Balaban J connectivity index is 1.99. The topological polar surface area (TPSA) is 25.8 Å². The smallest absolute Gasteiger partial charge is 0.151 e. The zero-order chi connectivity index (χ0) is 11.4. The molecule has 0 atom stereocenters. The van der Waals surface area contributed by atoms with E-state index in [1.807, 2.05) is 18.2 Å². The lowest BCUT2D eigenvalue weighted by atomic mass is 10.4. The Morgan fingerprint density at radius 3 is 2.75 bits per heavy atom. The molecule has 0 spiro atoms. The van der Waals surface area contributed by atoms with Crippen LogP contribution < -0.4 is 0 Å². The number of nitrogens with zero attached hydrogens (tertiary/aromatic N) is 2. The minimum Gasteiger partial charge on any atom is -0.153 e. The van der Waals surface area contributed by atoms with Gasteiger partial charge in [-0.3, -0.25) is 0 Å². The van der Waals surface area contributed by atoms with Crippen molar-refractivity contribution in [3.63, 3.8) is 0 Å². The molecule has 0 saturated heterocycles. The molecule has 1 heterocycles. The first-order valence-corrected chi connectivity index (χ1v) is 6.76. The highest BCUT2D eigenvalue weighted by Crippen LogP contribution is 2.24. The van der Waals surface area contributed by atoms with Gasteiger partial charge in [-0.25, -0.2) is 0 Å². The first-order chi connectivity index (χ1) is 7.74. The van der Waals surface area contributed by atoms with E-state index in [4.69, 9.17) is 11.6 Å². The first-order valence-electron chi connectivity index (χ1n) is 4.60. The SMILES string of the molecule is Clc1ccc(CSc2cccc(Br)c2)nn1. The molecule has 1 aromatic carbocycles. The number of thioether (sulfide) groups is 1. The molecule has 0 unspecified atom stereocenters. The number of hydrogen-bond acceptors (Lipinski definition) is 3. The molecule has 82 valence electrons. The van der Waals surface area contributed by atoms with Crippen LogP contribution in [0.15, 0.2) is 45.8 Å². The van der Waals surface area contributed by atoms with Crippen molar-refractivity contribution in [1.82, 2.24) is 10.2 Å². The summed E-state index contributed by atoms with van der Waals surface area (Å²) in [6.45, 7) is 0. The van der Waals surface area contributed by atoms with Gasteiger partial charge < -0.3 is 0 Å². The van der Waals surface area contributed by atoms with E-state index in [1.165, 1.54) is 4.90 Å². The Morgan fingerprint density at radius 1 is 1.19 bits per heavy atom. The van der Waals surface area contributed by atoms with Crippen LogP contribution >= 0.6 is 39.3 Å². The van der Waals surface area contributed by atoms with E-state index < -0.39 is 0 Å². The highest BCUT2D eigenvalue weighted by atomic mass is 79.9. The van der Waals surface area contributed by atoms with Crippen molar-refractivity contribution < 1.29 is 0 Å². The Kier molecular flexibility index (Phi) is 4.21. The number of aromatic nitrogens is 2. The second kappa shape index (κ2) is 5.66. The second-order valence-electron chi connectivity index (χ2n) is 3.09. The summed E-state index contributed by atoms with van der Waals surface area (Å²) in [6, 6.07) is 11.8. The molecule has 1 aromatic heterocycles. The molecule has 0 amide bonds. The summed E-state index contributed by atoms with van der Waals surface area (Å²) in [5.74, 6) is 0.792. The summed E-state index contributed by atoms with van der Waals surface area (Å²) in [4.78, 5) is 1.20. The lowest BCUT2D eigenvalue weighted by Crippen LogP contribution is -1.89. The third-order valence-electron chi connectivity index (χ3n) is 1.87. The fraction of sp³-hybridized carbons (Fsp3) is 0.0909. The first kappa shape index (κ1) is 11.9. The van der Waals surface area contributed by atoms with Crippen LogP contribution in [0.25, 0.3) is 0 Å². The maximum Gasteiger partial charge on any atom is 0.151 e. The monoisotopic (exact) mass is 314 g/mol. The average Bonchev–Trinajstić information content (AvgIpc) is 2.28. The van der Waals surface area contributed by atoms with Crippen LogP contribution in [-0.2, 0) is 5.75 Å². The second-order valence-corrected chi connectivity index (χ2v) is 5.45. The van der Waals surface area contributed by atoms with Gasteiger partial charge in [-0.15, -0.1) is 16.9 Å². The van der Waals surface area contributed by atoms with Crippen LogP contribution in [0.1, 0.15) is 5.69 Å². The van der Waals surface area contributed by atoms with Gasteiger partial charge in [0.05, 0.1) is 5.69 Å². The Morgan fingerprint density at radius 2 is 2.06 bits per heavy atom. The quantitative estimate of drug-likeness (QED) is 0.794. The normalized spacial score (nSPS) is 10.4. The van der Waals surface area contributed by atoms with Gasteiger partial charge in [0.2, 0.25) is 0 Å². The summed E-state index contributed by atoms with van der Waals surface area (Å²) >= 11 is 10.8. The molecular weight excluding hydrogens is 308 g/mol. The molecule has 2 nitrogen and oxygen atoms in total. The van der Waals surface area contributed by atoms with Gasteiger partial charge in [0.15, 0.2) is 5.15 Å². The lowest BCUT2D eigenvalue weighted by molar-refractivity contribution is 0.971. The van der Waals surface area contributed by atoms with E-state index in [0.29, 0.717) is 5.15 Å². The molecule has 5 heteroatoms. The summed E-state index contributed by atoms with van der Waals surface area (Å²) in [6.07, 6.45) is 0. The number of rotatable bonds is 3. The van der Waals surface area contributed by atoms with E-state index in [-0.39, 0.29) is 0 Å². The molecule has 0 fully saturated rings. The molecule has 2 aromatic rings. The molecule has 0 aliphatic carbocycles. The molecule has 0 radical (unpaired) electrons. The minimum atomic E-state index is 0.427. The van der Waals surface area contributed by atoms with E-state index in [2.05, 4.69) is 38.3 Å². The number of benzene rings is 1. The molecule has 2 rings (SSSR count). The van der Waals surface area contributed by atoms with Crippen LogP contribution in [0.2, 0.25) is 5.15 Å². The molecule has 0 N–H and O–H groups in total. The summed E-state index contributed by atoms with van der Waals surface area (Å²) in [5.41, 5.74) is 0.925. The summed E-state index contributed by atoms with van der Waals surface area (Å²) < 4.78 is 1.08. The Hall–Kier alpha value is -0.580. The van der Waals surface area contributed by atoms with Crippen LogP contribution in [0.4, 0.5) is 0 Å². The Bertz CT molecular complexity index is 476. The number of hydrogen-bond donors (Lipinski definition) is 0. The van der Waals surface area contributed by atoms with Gasteiger partial charge in [-0.1, -0.05) is 33.6 Å². The highest BCUT2D eigenvalue weighted by molar-refractivity contribution is 9.10. The molecular formula is C11H8BrClN2S. The van der Waals surface area contributed by atoms with Crippen LogP contribution in [0.3, 0.4) is 0 Å². The zero-order valence-corrected chi connectivity index (χ0v) is 11.4. The maximum atomic E-state index is 5.66. The third-order valence-corrected chi connectivity index (χ3v) is 3.59. The lowest BCUT2D eigenvalue weighted by Gasteiger charge is -2.01. The third kappa shape index (κ3) is 3.47. The van der Waals surface area contributed by atoms with E-state index >= 15 is 0 Å². The molecule has 0 bridgehead atoms. The molecule has 16 heavy (non-hydrogen) atoms. The van der Waals surface area contributed by atoms with Gasteiger partial charge in [0.25, 0.3) is 0 Å². The summed E-state index contributed by atoms with van der Waals surface area (Å²) in [5, 5.41) is 8.23. The average molecular weight is 316 g/mol. The zero-order valence-electron chi connectivity index (χ0n) is 8.23. The Labute approximate surface area is 112 Å². The fourth-order valence-electron chi connectivity index (χ4n) is 1.13. The van der Waals surface area contributed by atoms with E-state index in [0.717, 1.165) is 15.9 Å².